The zero-order valence-electron chi connectivity index (χ0n) is 10.2. The van der Waals surface area contributed by atoms with E-state index in [-0.39, 0.29) is 5.91 Å². The largest absolute Gasteiger partial charge is 0.336 e. The molecule has 94 valence electrons. The van der Waals surface area contributed by atoms with Crippen LogP contribution in [0.4, 0.5) is 0 Å². The molecule has 1 aromatic carbocycles. The van der Waals surface area contributed by atoms with Crippen molar-refractivity contribution in [2.75, 3.05) is 7.05 Å². The van der Waals surface area contributed by atoms with Gasteiger partial charge in [0.15, 0.2) is 0 Å². The highest BCUT2D eigenvalue weighted by molar-refractivity contribution is 7.09. The average Bonchev–Trinajstić information content (AvgIpc) is 2.87. The number of nitrogens with two attached hydrogens (primary N) is 1. The molecule has 0 saturated carbocycles. The zero-order chi connectivity index (χ0) is 13.0. The van der Waals surface area contributed by atoms with Gasteiger partial charge in [0.25, 0.3) is 5.91 Å². The quantitative estimate of drug-likeness (QED) is 0.914. The van der Waals surface area contributed by atoms with E-state index in [1.165, 1.54) is 11.3 Å². The maximum atomic E-state index is 12.1. The normalized spacial score (nSPS) is 10.3. The van der Waals surface area contributed by atoms with E-state index >= 15 is 0 Å². The first-order chi connectivity index (χ1) is 8.70. The Hall–Kier alpha value is -1.72. The number of amides is 1. The van der Waals surface area contributed by atoms with E-state index in [0.717, 1.165) is 10.6 Å². The zero-order valence-corrected chi connectivity index (χ0v) is 11.0. The van der Waals surface area contributed by atoms with Crippen molar-refractivity contribution in [3.63, 3.8) is 0 Å². The van der Waals surface area contributed by atoms with E-state index in [1.807, 2.05) is 30.3 Å². The summed E-state index contributed by atoms with van der Waals surface area (Å²) in [6, 6.07) is 9.87. The molecule has 0 radical (unpaired) electrons. The third-order valence-corrected chi connectivity index (χ3v) is 3.43. The monoisotopic (exact) mass is 261 g/mol. The van der Waals surface area contributed by atoms with Crippen molar-refractivity contribution < 1.29 is 4.79 Å². The van der Waals surface area contributed by atoms with E-state index in [4.69, 9.17) is 5.73 Å². The topological polar surface area (TPSA) is 59.2 Å². The third-order valence-electron chi connectivity index (χ3n) is 2.55. The first-order valence-electron chi connectivity index (χ1n) is 5.64. The molecule has 4 nitrogen and oxygen atoms in total. The van der Waals surface area contributed by atoms with Gasteiger partial charge in [-0.1, -0.05) is 30.3 Å². The highest BCUT2D eigenvalue weighted by Gasteiger charge is 2.15. The van der Waals surface area contributed by atoms with E-state index in [1.54, 1.807) is 17.3 Å². The molecular formula is C13H15N3OS. The van der Waals surface area contributed by atoms with Crippen LogP contribution in [-0.4, -0.2) is 22.8 Å². The average molecular weight is 261 g/mol. The molecule has 2 rings (SSSR count). The summed E-state index contributed by atoms with van der Waals surface area (Å²) in [7, 11) is 1.77. The van der Waals surface area contributed by atoms with Gasteiger partial charge in [0.05, 0.1) is 0 Å². The first-order valence-corrected chi connectivity index (χ1v) is 6.52. The fourth-order valence-electron chi connectivity index (χ4n) is 1.63. The van der Waals surface area contributed by atoms with Crippen LogP contribution in [0.2, 0.25) is 0 Å². The molecule has 0 aliphatic heterocycles. The Labute approximate surface area is 110 Å². The van der Waals surface area contributed by atoms with Gasteiger partial charge in [-0.15, -0.1) is 11.3 Å². The smallest absolute Gasteiger partial charge is 0.273 e. The van der Waals surface area contributed by atoms with E-state index in [0.29, 0.717) is 18.8 Å². The summed E-state index contributed by atoms with van der Waals surface area (Å²) >= 11 is 1.42. The molecule has 18 heavy (non-hydrogen) atoms. The minimum absolute atomic E-state index is 0.0743. The highest BCUT2D eigenvalue weighted by atomic mass is 32.1. The second-order valence-corrected chi connectivity index (χ2v) is 4.92. The summed E-state index contributed by atoms with van der Waals surface area (Å²) in [4.78, 5) is 18.0. The standard InChI is InChI=1S/C13H15N3OS/c1-16(8-10-5-3-2-4-6-10)13(17)11-9-18-12(7-14)15-11/h2-6,9H,7-8,14H2,1H3. The number of hydrogen-bond acceptors (Lipinski definition) is 4. The molecule has 0 unspecified atom stereocenters. The van der Waals surface area contributed by atoms with Gasteiger partial charge in [0.2, 0.25) is 0 Å². The molecule has 1 aromatic heterocycles. The fraction of sp³-hybridized carbons (Fsp3) is 0.231. The summed E-state index contributed by atoms with van der Waals surface area (Å²) in [5.74, 6) is -0.0743. The SMILES string of the molecule is CN(Cc1ccccc1)C(=O)c1csc(CN)n1. The minimum Gasteiger partial charge on any atom is -0.336 e. The third kappa shape index (κ3) is 2.94. The number of aromatic nitrogens is 1. The number of carbonyl (C=O) groups excluding carboxylic acids is 1. The molecule has 2 N–H and O–H groups in total. The Bertz CT molecular complexity index is 524. The van der Waals surface area contributed by atoms with Crippen LogP contribution in [0.5, 0.6) is 0 Å². The summed E-state index contributed by atoms with van der Waals surface area (Å²) in [5, 5.41) is 2.54. The molecule has 0 atom stereocenters. The van der Waals surface area contributed by atoms with Gasteiger partial charge in [0, 0.05) is 25.5 Å². The lowest BCUT2D eigenvalue weighted by Gasteiger charge is -2.15. The Morgan fingerprint density at radius 2 is 2.11 bits per heavy atom. The minimum atomic E-state index is -0.0743. The molecule has 0 aliphatic carbocycles. The fourth-order valence-corrected chi connectivity index (χ4v) is 2.28. The number of benzene rings is 1. The van der Waals surface area contributed by atoms with Gasteiger partial charge in [0.1, 0.15) is 10.7 Å². The molecule has 1 amide bonds. The molecular weight excluding hydrogens is 246 g/mol. The lowest BCUT2D eigenvalue weighted by Crippen LogP contribution is -2.26. The Balaban J connectivity index is 2.05. The van der Waals surface area contributed by atoms with Crippen LogP contribution in [0, 0.1) is 0 Å². The van der Waals surface area contributed by atoms with Crippen LogP contribution in [0.3, 0.4) is 0 Å². The summed E-state index contributed by atoms with van der Waals surface area (Å²) in [5.41, 5.74) is 7.06. The predicted octanol–water partition coefficient (Wildman–Crippen LogP) is 1.87. The van der Waals surface area contributed by atoms with Crippen molar-refractivity contribution in [1.82, 2.24) is 9.88 Å². The molecule has 0 spiro atoms. The molecule has 0 aliphatic rings. The van der Waals surface area contributed by atoms with Crippen LogP contribution >= 0.6 is 11.3 Å². The molecule has 0 fully saturated rings. The van der Waals surface area contributed by atoms with Crippen LogP contribution in [0.15, 0.2) is 35.7 Å². The van der Waals surface area contributed by atoms with Gasteiger partial charge in [-0.25, -0.2) is 4.98 Å². The van der Waals surface area contributed by atoms with Crippen molar-refractivity contribution in [3.8, 4) is 0 Å². The van der Waals surface area contributed by atoms with Crippen LogP contribution in [-0.2, 0) is 13.1 Å². The van der Waals surface area contributed by atoms with Gasteiger partial charge in [-0.05, 0) is 5.56 Å². The maximum absolute atomic E-state index is 12.1. The predicted molar refractivity (Wildman–Crippen MR) is 72.2 cm³/mol. The molecule has 1 heterocycles. The Morgan fingerprint density at radius 1 is 1.39 bits per heavy atom. The maximum Gasteiger partial charge on any atom is 0.273 e. The van der Waals surface area contributed by atoms with E-state index in [9.17, 15) is 4.79 Å². The summed E-state index contributed by atoms with van der Waals surface area (Å²) in [6.07, 6.45) is 0. The van der Waals surface area contributed by atoms with Gasteiger partial charge < -0.3 is 10.6 Å². The van der Waals surface area contributed by atoms with Gasteiger partial charge >= 0.3 is 0 Å². The Morgan fingerprint density at radius 3 is 2.72 bits per heavy atom. The first kappa shape index (κ1) is 12.7. The van der Waals surface area contributed by atoms with Crippen molar-refractivity contribution in [3.05, 3.63) is 52.0 Å². The van der Waals surface area contributed by atoms with Gasteiger partial charge in [-0.2, -0.15) is 0 Å². The summed E-state index contributed by atoms with van der Waals surface area (Å²) in [6.45, 7) is 0.954. The van der Waals surface area contributed by atoms with Crippen molar-refractivity contribution >= 4 is 17.2 Å². The van der Waals surface area contributed by atoms with Gasteiger partial charge in [-0.3, -0.25) is 4.79 Å². The highest BCUT2D eigenvalue weighted by Crippen LogP contribution is 2.12. The van der Waals surface area contributed by atoms with E-state index in [2.05, 4.69) is 4.98 Å². The van der Waals surface area contributed by atoms with Crippen LogP contribution in [0.25, 0.3) is 0 Å². The molecule has 0 bridgehead atoms. The number of nitrogens with zero attached hydrogens (tertiary/aromatic N) is 2. The number of thiazole rings is 1. The van der Waals surface area contributed by atoms with Crippen molar-refractivity contribution in [2.24, 2.45) is 5.73 Å². The molecule has 0 saturated heterocycles. The van der Waals surface area contributed by atoms with Crippen molar-refractivity contribution in [1.29, 1.82) is 0 Å². The second kappa shape index (κ2) is 5.75. The number of carbonyl (C=O) groups is 1. The molecule has 2 aromatic rings. The van der Waals surface area contributed by atoms with Crippen molar-refractivity contribution in [2.45, 2.75) is 13.1 Å². The number of rotatable bonds is 4. The Kier molecular flexibility index (Phi) is 4.07. The van der Waals surface area contributed by atoms with Crippen LogP contribution in [0.1, 0.15) is 21.1 Å². The van der Waals surface area contributed by atoms with E-state index < -0.39 is 0 Å². The lowest BCUT2D eigenvalue weighted by atomic mass is 10.2. The van der Waals surface area contributed by atoms with Crippen LogP contribution < -0.4 is 5.73 Å². The number of hydrogen-bond donors (Lipinski definition) is 1. The second-order valence-electron chi connectivity index (χ2n) is 3.98. The summed E-state index contributed by atoms with van der Waals surface area (Å²) < 4.78 is 0. The molecule has 5 heteroatoms. The lowest BCUT2D eigenvalue weighted by molar-refractivity contribution is 0.0780.